The quantitative estimate of drug-likeness (QED) is 0.802. The molecule has 76 valence electrons. The van der Waals surface area contributed by atoms with Crippen LogP contribution in [0.4, 0.5) is 0 Å². The molecule has 0 bridgehead atoms. The number of benzene rings is 1. The Bertz CT molecular complexity index is 343. The van der Waals surface area contributed by atoms with Crippen LogP contribution in [0.3, 0.4) is 0 Å². The van der Waals surface area contributed by atoms with Gasteiger partial charge in [0.15, 0.2) is 11.5 Å². The van der Waals surface area contributed by atoms with Gasteiger partial charge in [-0.15, -0.1) is 0 Å². The lowest BCUT2D eigenvalue weighted by atomic mass is 10.1. The van der Waals surface area contributed by atoms with E-state index in [9.17, 15) is 5.11 Å². The molecule has 0 amide bonds. The van der Waals surface area contributed by atoms with Crippen LogP contribution in [-0.2, 0) is 0 Å². The smallest absolute Gasteiger partial charge is 0.164 e. The first-order valence-electron chi connectivity index (χ1n) is 4.71. The lowest BCUT2D eigenvalue weighted by Crippen LogP contribution is -1.92. The molecule has 0 saturated heterocycles. The van der Waals surface area contributed by atoms with Crippen molar-refractivity contribution in [2.75, 3.05) is 14.2 Å². The number of hydrogen-bond acceptors (Lipinski definition) is 3. The summed E-state index contributed by atoms with van der Waals surface area (Å²) in [5.74, 6) is 2.08. The minimum Gasteiger partial charge on any atom is -0.508 e. The van der Waals surface area contributed by atoms with Crippen LogP contribution in [0.25, 0.3) is 0 Å². The number of aromatic hydroxyl groups is 1. The van der Waals surface area contributed by atoms with Crippen LogP contribution < -0.4 is 9.47 Å². The number of phenolic OH excluding ortho intramolecular Hbond substituents is 1. The summed E-state index contributed by atoms with van der Waals surface area (Å²) < 4.78 is 10.3. The normalized spacial score (nSPS) is 15.3. The molecular formula is C11H14O3. The topological polar surface area (TPSA) is 38.7 Å². The van der Waals surface area contributed by atoms with Crippen molar-refractivity contribution in [3.8, 4) is 17.2 Å². The molecule has 1 aromatic carbocycles. The monoisotopic (exact) mass is 194 g/mol. The van der Waals surface area contributed by atoms with Gasteiger partial charge in [-0.3, -0.25) is 0 Å². The predicted molar refractivity (Wildman–Crippen MR) is 53.2 cm³/mol. The Hall–Kier alpha value is -1.38. The number of hydrogen-bond donors (Lipinski definition) is 1. The number of rotatable bonds is 3. The molecule has 0 aliphatic heterocycles. The van der Waals surface area contributed by atoms with Gasteiger partial charge in [0.25, 0.3) is 0 Å². The van der Waals surface area contributed by atoms with E-state index in [2.05, 4.69) is 0 Å². The van der Waals surface area contributed by atoms with E-state index in [-0.39, 0.29) is 0 Å². The second kappa shape index (κ2) is 3.40. The first-order valence-corrected chi connectivity index (χ1v) is 4.71. The fourth-order valence-electron chi connectivity index (χ4n) is 1.61. The van der Waals surface area contributed by atoms with Gasteiger partial charge < -0.3 is 14.6 Å². The summed E-state index contributed by atoms with van der Waals surface area (Å²) in [7, 11) is 3.17. The summed E-state index contributed by atoms with van der Waals surface area (Å²) >= 11 is 0. The minimum absolute atomic E-state index is 0.310. The second-order valence-corrected chi connectivity index (χ2v) is 3.54. The van der Waals surface area contributed by atoms with Gasteiger partial charge in [0.1, 0.15) is 5.75 Å². The van der Waals surface area contributed by atoms with Gasteiger partial charge in [-0.2, -0.15) is 0 Å². The number of methoxy groups -OCH3 is 2. The molecule has 0 atom stereocenters. The van der Waals surface area contributed by atoms with Crippen LogP contribution in [0.1, 0.15) is 24.3 Å². The summed E-state index contributed by atoms with van der Waals surface area (Å²) in [5.41, 5.74) is 0.975. The van der Waals surface area contributed by atoms with E-state index in [0.717, 1.165) is 18.4 Å². The summed E-state index contributed by atoms with van der Waals surface area (Å²) in [6.07, 6.45) is 2.31. The van der Waals surface area contributed by atoms with Crippen molar-refractivity contribution in [1.82, 2.24) is 0 Å². The molecule has 1 saturated carbocycles. The zero-order valence-corrected chi connectivity index (χ0v) is 8.41. The molecule has 0 aromatic heterocycles. The Morgan fingerprint density at radius 1 is 1.14 bits per heavy atom. The Balaban J connectivity index is 2.42. The van der Waals surface area contributed by atoms with Gasteiger partial charge in [-0.1, -0.05) is 0 Å². The van der Waals surface area contributed by atoms with E-state index < -0.39 is 0 Å². The maximum absolute atomic E-state index is 9.72. The minimum atomic E-state index is 0.310. The highest BCUT2D eigenvalue weighted by Gasteiger charge is 2.27. The van der Waals surface area contributed by atoms with Gasteiger partial charge in [-0.25, -0.2) is 0 Å². The predicted octanol–water partition coefficient (Wildman–Crippen LogP) is 2.29. The average molecular weight is 194 g/mol. The lowest BCUT2D eigenvalue weighted by Gasteiger charge is -2.10. The standard InChI is InChI=1S/C11H14O3/c1-13-10-5-8(7-3-4-7)9(12)6-11(10)14-2/h5-7,12H,3-4H2,1-2H3. The summed E-state index contributed by atoms with van der Waals surface area (Å²) in [6, 6.07) is 3.48. The van der Waals surface area contributed by atoms with Crippen molar-refractivity contribution in [3.63, 3.8) is 0 Å². The Morgan fingerprint density at radius 3 is 2.21 bits per heavy atom. The molecule has 0 heterocycles. The van der Waals surface area contributed by atoms with Crippen molar-refractivity contribution < 1.29 is 14.6 Å². The molecule has 2 rings (SSSR count). The summed E-state index contributed by atoms with van der Waals surface area (Å²) in [4.78, 5) is 0. The van der Waals surface area contributed by atoms with E-state index in [1.807, 2.05) is 6.07 Å². The first-order chi connectivity index (χ1) is 6.76. The maximum atomic E-state index is 9.72. The Labute approximate surface area is 83.3 Å². The summed E-state index contributed by atoms with van der Waals surface area (Å²) in [5, 5.41) is 9.72. The van der Waals surface area contributed by atoms with Gasteiger partial charge in [0.05, 0.1) is 14.2 Å². The number of phenols is 1. The zero-order valence-electron chi connectivity index (χ0n) is 8.41. The van der Waals surface area contributed by atoms with E-state index >= 15 is 0 Å². The van der Waals surface area contributed by atoms with E-state index in [1.54, 1.807) is 20.3 Å². The SMILES string of the molecule is COc1cc(O)c(C2CC2)cc1OC. The fourth-order valence-corrected chi connectivity index (χ4v) is 1.61. The van der Waals surface area contributed by atoms with Crippen LogP contribution in [0, 0.1) is 0 Å². The zero-order chi connectivity index (χ0) is 10.1. The van der Waals surface area contributed by atoms with Gasteiger partial charge in [0, 0.05) is 11.6 Å². The third kappa shape index (κ3) is 1.50. The summed E-state index contributed by atoms with van der Waals surface area (Å²) in [6.45, 7) is 0. The van der Waals surface area contributed by atoms with Crippen LogP contribution in [0.2, 0.25) is 0 Å². The third-order valence-corrected chi connectivity index (χ3v) is 2.55. The molecule has 0 radical (unpaired) electrons. The molecular weight excluding hydrogens is 180 g/mol. The van der Waals surface area contributed by atoms with Crippen LogP contribution in [0.5, 0.6) is 17.2 Å². The first kappa shape index (κ1) is 9.19. The van der Waals surface area contributed by atoms with Crippen molar-refractivity contribution in [2.45, 2.75) is 18.8 Å². The van der Waals surface area contributed by atoms with Crippen molar-refractivity contribution in [3.05, 3.63) is 17.7 Å². The molecule has 1 aromatic rings. The highest BCUT2D eigenvalue weighted by molar-refractivity contribution is 5.52. The Morgan fingerprint density at radius 2 is 1.71 bits per heavy atom. The van der Waals surface area contributed by atoms with Gasteiger partial charge in [0.2, 0.25) is 0 Å². The van der Waals surface area contributed by atoms with Crippen LogP contribution >= 0.6 is 0 Å². The fraction of sp³-hybridized carbons (Fsp3) is 0.455. The van der Waals surface area contributed by atoms with Crippen molar-refractivity contribution in [2.24, 2.45) is 0 Å². The second-order valence-electron chi connectivity index (χ2n) is 3.54. The van der Waals surface area contributed by atoms with Crippen molar-refractivity contribution >= 4 is 0 Å². The number of ether oxygens (including phenoxy) is 2. The van der Waals surface area contributed by atoms with Crippen LogP contribution in [0.15, 0.2) is 12.1 Å². The highest BCUT2D eigenvalue weighted by atomic mass is 16.5. The lowest BCUT2D eigenvalue weighted by molar-refractivity contribution is 0.350. The van der Waals surface area contributed by atoms with E-state index in [1.165, 1.54) is 0 Å². The molecule has 1 N–H and O–H groups in total. The molecule has 14 heavy (non-hydrogen) atoms. The molecule has 0 spiro atoms. The maximum Gasteiger partial charge on any atom is 0.164 e. The van der Waals surface area contributed by atoms with E-state index in [0.29, 0.717) is 23.2 Å². The van der Waals surface area contributed by atoms with E-state index in [4.69, 9.17) is 9.47 Å². The van der Waals surface area contributed by atoms with Gasteiger partial charge in [-0.05, 0) is 24.8 Å². The molecule has 1 aliphatic rings. The largest absolute Gasteiger partial charge is 0.508 e. The average Bonchev–Trinajstić information content (AvgIpc) is 3.01. The van der Waals surface area contributed by atoms with Gasteiger partial charge >= 0.3 is 0 Å². The highest BCUT2D eigenvalue weighted by Crippen LogP contribution is 2.47. The van der Waals surface area contributed by atoms with Crippen molar-refractivity contribution in [1.29, 1.82) is 0 Å². The van der Waals surface area contributed by atoms with Crippen LogP contribution in [-0.4, -0.2) is 19.3 Å². The molecule has 3 heteroatoms. The molecule has 1 aliphatic carbocycles. The molecule has 1 fully saturated rings. The molecule has 3 nitrogen and oxygen atoms in total. The Kier molecular flexibility index (Phi) is 2.23. The molecule has 0 unspecified atom stereocenters. The third-order valence-electron chi connectivity index (χ3n) is 2.55.